The second-order valence-corrected chi connectivity index (χ2v) is 5.83. The van der Waals surface area contributed by atoms with Crippen LogP contribution in [0.25, 0.3) is 16.9 Å². The van der Waals surface area contributed by atoms with Gasteiger partial charge in [-0.25, -0.2) is 4.98 Å². The molecule has 0 bridgehead atoms. The Bertz CT molecular complexity index is 993. The number of hydrogen-bond donors (Lipinski definition) is 1. The van der Waals surface area contributed by atoms with Crippen LogP contribution < -0.4 is 5.32 Å². The molecule has 0 saturated heterocycles. The van der Waals surface area contributed by atoms with Crippen LogP contribution in [0.2, 0.25) is 0 Å². The standard InChI is InChI=1S/C18H19N7O/c1-26-8-7-24-12-19-10-15(24)11-20-17-9-16(14-5-3-2-4-6-14)23-25-13-21-22-18(17)25/h2-6,9-10,12-13,20H,7-8,11H2,1H3. The van der Waals surface area contributed by atoms with Gasteiger partial charge in [0.15, 0.2) is 0 Å². The smallest absolute Gasteiger partial charge is 0.200 e. The number of anilines is 1. The van der Waals surface area contributed by atoms with E-state index in [-0.39, 0.29) is 0 Å². The zero-order valence-corrected chi connectivity index (χ0v) is 14.4. The van der Waals surface area contributed by atoms with Crippen LogP contribution in [0.5, 0.6) is 0 Å². The van der Waals surface area contributed by atoms with Crippen LogP contribution in [-0.2, 0) is 17.8 Å². The minimum absolute atomic E-state index is 0.616. The first-order chi connectivity index (χ1) is 12.8. The van der Waals surface area contributed by atoms with Gasteiger partial charge in [0, 0.05) is 25.4 Å². The van der Waals surface area contributed by atoms with E-state index in [1.807, 2.05) is 48.9 Å². The molecule has 0 unspecified atom stereocenters. The van der Waals surface area contributed by atoms with Gasteiger partial charge in [0.2, 0.25) is 5.65 Å². The first-order valence-electron chi connectivity index (χ1n) is 8.33. The molecule has 0 fully saturated rings. The fraction of sp³-hybridized carbons (Fsp3) is 0.222. The molecule has 0 aliphatic rings. The Morgan fingerprint density at radius 1 is 1.15 bits per heavy atom. The largest absolute Gasteiger partial charge is 0.383 e. The van der Waals surface area contributed by atoms with Gasteiger partial charge in [0.25, 0.3) is 0 Å². The summed E-state index contributed by atoms with van der Waals surface area (Å²) in [4.78, 5) is 4.23. The number of nitrogens with zero attached hydrogens (tertiary/aromatic N) is 6. The number of benzene rings is 1. The molecule has 1 aromatic carbocycles. The maximum atomic E-state index is 5.15. The summed E-state index contributed by atoms with van der Waals surface area (Å²) in [6.45, 7) is 2.02. The fourth-order valence-corrected chi connectivity index (χ4v) is 2.78. The monoisotopic (exact) mass is 349 g/mol. The third kappa shape index (κ3) is 3.27. The van der Waals surface area contributed by atoms with E-state index < -0.39 is 0 Å². The van der Waals surface area contributed by atoms with Crippen LogP contribution in [0, 0.1) is 0 Å². The zero-order valence-electron chi connectivity index (χ0n) is 14.4. The molecule has 0 spiro atoms. The van der Waals surface area contributed by atoms with Gasteiger partial charge in [-0.05, 0) is 6.07 Å². The van der Waals surface area contributed by atoms with Crippen molar-refractivity contribution in [1.29, 1.82) is 0 Å². The molecular formula is C18H19N7O. The number of rotatable bonds is 7. The average Bonchev–Trinajstić information content (AvgIpc) is 3.34. The highest BCUT2D eigenvalue weighted by Gasteiger charge is 2.10. The van der Waals surface area contributed by atoms with E-state index in [1.165, 1.54) is 0 Å². The van der Waals surface area contributed by atoms with Crippen LogP contribution in [0.1, 0.15) is 5.69 Å². The van der Waals surface area contributed by atoms with E-state index in [4.69, 9.17) is 4.74 Å². The maximum absolute atomic E-state index is 5.15. The highest BCUT2D eigenvalue weighted by Crippen LogP contribution is 2.23. The number of aromatic nitrogens is 6. The summed E-state index contributed by atoms with van der Waals surface area (Å²) in [5, 5.41) is 16.2. The van der Waals surface area contributed by atoms with E-state index in [2.05, 4.69) is 30.2 Å². The lowest BCUT2D eigenvalue weighted by molar-refractivity contribution is 0.186. The summed E-state index contributed by atoms with van der Waals surface area (Å²) in [7, 11) is 1.69. The van der Waals surface area contributed by atoms with Gasteiger partial charge in [-0.2, -0.15) is 9.61 Å². The summed E-state index contributed by atoms with van der Waals surface area (Å²) in [5.41, 5.74) is 4.52. The van der Waals surface area contributed by atoms with Gasteiger partial charge in [0.1, 0.15) is 6.33 Å². The van der Waals surface area contributed by atoms with Crippen molar-refractivity contribution in [1.82, 2.24) is 29.4 Å². The normalized spacial score (nSPS) is 11.1. The molecular weight excluding hydrogens is 330 g/mol. The molecule has 8 heteroatoms. The van der Waals surface area contributed by atoms with Crippen LogP contribution >= 0.6 is 0 Å². The van der Waals surface area contributed by atoms with E-state index >= 15 is 0 Å². The second-order valence-electron chi connectivity index (χ2n) is 5.83. The Kier molecular flexibility index (Phi) is 4.57. The number of nitrogens with one attached hydrogen (secondary N) is 1. The average molecular weight is 349 g/mol. The van der Waals surface area contributed by atoms with E-state index in [0.29, 0.717) is 18.8 Å². The fourth-order valence-electron chi connectivity index (χ4n) is 2.78. The highest BCUT2D eigenvalue weighted by molar-refractivity contribution is 5.73. The van der Waals surface area contributed by atoms with E-state index in [1.54, 1.807) is 18.0 Å². The SMILES string of the molecule is COCCn1cncc1CNc1cc(-c2ccccc2)nn2cnnc12. The molecule has 3 aromatic heterocycles. The first kappa shape index (κ1) is 16.2. The first-order valence-corrected chi connectivity index (χ1v) is 8.33. The van der Waals surface area contributed by atoms with Crippen molar-refractivity contribution in [3.05, 3.63) is 60.9 Å². The van der Waals surface area contributed by atoms with Gasteiger partial charge in [-0.1, -0.05) is 30.3 Å². The molecule has 26 heavy (non-hydrogen) atoms. The number of ether oxygens (including phenoxy) is 1. The predicted octanol–water partition coefficient (Wildman–Crippen LogP) is 2.25. The summed E-state index contributed by atoms with van der Waals surface area (Å²) < 4.78 is 8.90. The molecule has 0 atom stereocenters. The van der Waals surface area contributed by atoms with E-state index in [9.17, 15) is 0 Å². The Morgan fingerprint density at radius 2 is 2.04 bits per heavy atom. The molecule has 3 heterocycles. The molecule has 0 aliphatic carbocycles. The molecule has 1 N–H and O–H groups in total. The summed E-state index contributed by atoms with van der Waals surface area (Å²) in [6.07, 6.45) is 5.27. The van der Waals surface area contributed by atoms with Gasteiger partial charge in [-0.15, -0.1) is 10.2 Å². The lowest BCUT2D eigenvalue weighted by Gasteiger charge is -2.11. The Hall–Kier alpha value is -3.26. The highest BCUT2D eigenvalue weighted by atomic mass is 16.5. The number of imidazole rings is 1. The van der Waals surface area contributed by atoms with Crippen molar-refractivity contribution in [2.45, 2.75) is 13.1 Å². The minimum Gasteiger partial charge on any atom is -0.383 e. The van der Waals surface area contributed by atoms with Gasteiger partial charge >= 0.3 is 0 Å². The molecule has 0 saturated carbocycles. The summed E-state index contributed by atoms with van der Waals surface area (Å²) in [5.74, 6) is 0. The van der Waals surface area contributed by atoms with Gasteiger partial charge in [-0.3, -0.25) is 0 Å². The molecule has 0 radical (unpaired) electrons. The minimum atomic E-state index is 0.616. The third-order valence-electron chi connectivity index (χ3n) is 4.13. The number of methoxy groups -OCH3 is 1. The van der Waals surface area contributed by atoms with Crippen molar-refractivity contribution in [2.75, 3.05) is 19.0 Å². The molecule has 4 rings (SSSR count). The summed E-state index contributed by atoms with van der Waals surface area (Å²) in [6, 6.07) is 12.0. The zero-order chi connectivity index (χ0) is 17.8. The molecule has 4 aromatic rings. The van der Waals surface area contributed by atoms with Crippen LogP contribution in [0.4, 0.5) is 5.69 Å². The molecule has 8 nitrogen and oxygen atoms in total. The Morgan fingerprint density at radius 3 is 2.88 bits per heavy atom. The van der Waals surface area contributed by atoms with Crippen molar-refractivity contribution >= 4 is 11.3 Å². The second kappa shape index (κ2) is 7.32. The van der Waals surface area contributed by atoms with Crippen molar-refractivity contribution in [3.8, 4) is 11.3 Å². The van der Waals surface area contributed by atoms with Gasteiger partial charge in [0.05, 0.1) is 36.6 Å². The van der Waals surface area contributed by atoms with Crippen molar-refractivity contribution < 1.29 is 4.74 Å². The predicted molar refractivity (Wildman–Crippen MR) is 97.6 cm³/mol. The molecule has 0 aliphatic heterocycles. The quantitative estimate of drug-likeness (QED) is 0.551. The summed E-state index contributed by atoms with van der Waals surface area (Å²) >= 11 is 0. The topological polar surface area (TPSA) is 82.2 Å². The lowest BCUT2D eigenvalue weighted by Crippen LogP contribution is -2.11. The van der Waals surface area contributed by atoms with E-state index in [0.717, 1.165) is 29.2 Å². The van der Waals surface area contributed by atoms with Crippen LogP contribution in [0.15, 0.2) is 55.2 Å². The van der Waals surface area contributed by atoms with Crippen LogP contribution in [0.3, 0.4) is 0 Å². The Labute approximate surface area is 150 Å². The third-order valence-corrected chi connectivity index (χ3v) is 4.13. The number of fused-ring (bicyclic) bond motifs is 1. The van der Waals surface area contributed by atoms with Crippen LogP contribution in [-0.4, -0.2) is 43.1 Å². The van der Waals surface area contributed by atoms with Crippen molar-refractivity contribution in [2.24, 2.45) is 0 Å². The maximum Gasteiger partial charge on any atom is 0.200 e. The lowest BCUT2D eigenvalue weighted by atomic mass is 10.1. The molecule has 0 amide bonds. The molecule has 132 valence electrons. The van der Waals surface area contributed by atoms with Crippen molar-refractivity contribution in [3.63, 3.8) is 0 Å². The number of hydrogen-bond acceptors (Lipinski definition) is 6. The Balaban J connectivity index is 1.62. The van der Waals surface area contributed by atoms with Gasteiger partial charge < -0.3 is 14.6 Å².